The van der Waals surface area contributed by atoms with E-state index in [4.69, 9.17) is 4.74 Å². The van der Waals surface area contributed by atoms with Crippen molar-refractivity contribution < 1.29 is 9.13 Å². The quantitative estimate of drug-likeness (QED) is 0.937. The van der Waals surface area contributed by atoms with Crippen molar-refractivity contribution in [2.45, 2.75) is 0 Å². The summed E-state index contributed by atoms with van der Waals surface area (Å²) >= 11 is 0. The van der Waals surface area contributed by atoms with Gasteiger partial charge >= 0.3 is 0 Å². The van der Waals surface area contributed by atoms with Gasteiger partial charge in [0.1, 0.15) is 11.6 Å². The topological polar surface area (TPSA) is 50.3 Å². The van der Waals surface area contributed by atoms with Crippen LogP contribution in [-0.4, -0.2) is 43.3 Å². The van der Waals surface area contributed by atoms with Crippen LogP contribution in [0.2, 0.25) is 0 Å². The van der Waals surface area contributed by atoms with Gasteiger partial charge in [-0.15, -0.1) is 12.4 Å². The van der Waals surface area contributed by atoms with Gasteiger partial charge in [-0.05, 0) is 12.1 Å². The van der Waals surface area contributed by atoms with Crippen molar-refractivity contribution in [2.75, 3.05) is 38.2 Å². The lowest BCUT2D eigenvalue weighted by atomic mass is 10.1. The molecule has 1 aromatic carbocycles. The van der Waals surface area contributed by atoms with Gasteiger partial charge in [0, 0.05) is 55.8 Å². The predicted octanol–water partition coefficient (Wildman–Crippen LogP) is 2.12. The summed E-state index contributed by atoms with van der Waals surface area (Å²) in [5.41, 5.74) is 1.59. The number of hydrogen-bond donors (Lipinski definition) is 1. The van der Waals surface area contributed by atoms with Crippen molar-refractivity contribution >= 4 is 18.4 Å². The number of aromatic nitrogens is 2. The summed E-state index contributed by atoms with van der Waals surface area (Å²) in [6, 6.07) is 4.44. The van der Waals surface area contributed by atoms with Crippen LogP contribution in [0.1, 0.15) is 0 Å². The van der Waals surface area contributed by atoms with Crippen LogP contribution in [0, 0.1) is 5.82 Å². The summed E-state index contributed by atoms with van der Waals surface area (Å²) in [5, 5.41) is 3.29. The molecule has 3 rings (SSSR count). The molecule has 2 heterocycles. The summed E-state index contributed by atoms with van der Waals surface area (Å²) in [6.07, 6.45) is 3.50. The number of hydrogen-bond acceptors (Lipinski definition) is 5. The molecule has 1 aliphatic heterocycles. The summed E-state index contributed by atoms with van der Waals surface area (Å²) < 4.78 is 18.4. The van der Waals surface area contributed by atoms with Crippen molar-refractivity contribution in [1.82, 2.24) is 15.3 Å². The first-order valence-electron chi connectivity index (χ1n) is 6.89. The number of benzene rings is 1. The number of piperazine rings is 1. The Morgan fingerprint density at radius 2 is 1.86 bits per heavy atom. The van der Waals surface area contributed by atoms with Gasteiger partial charge in [-0.1, -0.05) is 0 Å². The van der Waals surface area contributed by atoms with Crippen molar-refractivity contribution in [1.29, 1.82) is 0 Å². The number of halogens is 2. The molecule has 0 amide bonds. The minimum atomic E-state index is -0.325. The highest BCUT2D eigenvalue weighted by Crippen LogP contribution is 2.30. The van der Waals surface area contributed by atoms with Gasteiger partial charge in [-0.2, -0.15) is 0 Å². The lowest BCUT2D eigenvalue weighted by Crippen LogP contribution is -2.44. The van der Waals surface area contributed by atoms with E-state index in [-0.39, 0.29) is 18.2 Å². The van der Waals surface area contributed by atoms with E-state index in [1.807, 2.05) is 0 Å². The van der Waals surface area contributed by atoms with E-state index in [0.29, 0.717) is 5.75 Å². The zero-order valence-corrected chi connectivity index (χ0v) is 13.1. The average molecular weight is 325 g/mol. The summed E-state index contributed by atoms with van der Waals surface area (Å²) in [5.74, 6) is 0.879. The highest BCUT2D eigenvalue weighted by atomic mass is 35.5. The van der Waals surface area contributed by atoms with Gasteiger partial charge in [0.25, 0.3) is 0 Å². The molecule has 2 aromatic rings. The molecule has 118 valence electrons. The summed E-state index contributed by atoms with van der Waals surface area (Å²) in [7, 11) is 1.52. The van der Waals surface area contributed by atoms with Gasteiger partial charge in [-0.25, -0.2) is 14.4 Å². The Bertz CT molecular complexity index is 617. The van der Waals surface area contributed by atoms with Crippen molar-refractivity contribution in [2.24, 2.45) is 0 Å². The van der Waals surface area contributed by atoms with Crippen molar-refractivity contribution in [3.63, 3.8) is 0 Å². The first-order valence-corrected chi connectivity index (χ1v) is 6.89. The maximum atomic E-state index is 13.2. The van der Waals surface area contributed by atoms with Gasteiger partial charge in [-0.3, -0.25) is 0 Å². The SMILES string of the molecule is COc1cc(F)ccc1-c1cnc(N2CCNCC2)nc1.Cl. The molecule has 0 radical (unpaired) electrons. The minimum absolute atomic E-state index is 0. The number of ether oxygens (including phenoxy) is 1. The van der Waals surface area contributed by atoms with Gasteiger partial charge in [0.05, 0.1) is 7.11 Å². The van der Waals surface area contributed by atoms with E-state index >= 15 is 0 Å². The molecule has 5 nitrogen and oxygen atoms in total. The van der Waals surface area contributed by atoms with Crippen LogP contribution in [0.3, 0.4) is 0 Å². The first kappa shape index (κ1) is 16.5. The summed E-state index contributed by atoms with van der Waals surface area (Å²) in [6.45, 7) is 3.69. The molecule has 0 atom stereocenters. The minimum Gasteiger partial charge on any atom is -0.496 e. The van der Waals surface area contributed by atoms with Crippen LogP contribution >= 0.6 is 12.4 Å². The number of nitrogens with zero attached hydrogens (tertiary/aromatic N) is 3. The molecule has 1 aliphatic rings. The molecular formula is C15H18ClFN4O. The van der Waals surface area contributed by atoms with E-state index in [0.717, 1.165) is 43.3 Å². The standard InChI is InChI=1S/C15H17FN4O.ClH/c1-21-14-8-12(16)2-3-13(14)11-9-18-15(19-10-11)20-6-4-17-5-7-20;/h2-3,8-10,17H,4-7H2,1H3;1H. The Labute approximate surface area is 134 Å². The van der Waals surface area contributed by atoms with E-state index in [9.17, 15) is 4.39 Å². The largest absolute Gasteiger partial charge is 0.496 e. The number of anilines is 1. The Morgan fingerprint density at radius 3 is 2.50 bits per heavy atom. The number of methoxy groups -OCH3 is 1. The maximum absolute atomic E-state index is 13.2. The van der Waals surface area contributed by atoms with Crippen molar-refractivity contribution in [3.8, 4) is 16.9 Å². The molecule has 22 heavy (non-hydrogen) atoms. The fourth-order valence-corrected chi connectivity index (χ4v) is 2.39. The van der Waals surface area contributed by atoms with Crippen LogP contribution < -0.4 is 15.0 Å². The average Bonchev–Trinajstić information content (AvgIpc) is 2.56. The molecule has 0 aliphatic carbocycles. The van der Waals surface area contributed by atoms with E-state index in [2.05, 4.69) is 20.2 Å². The van der Waals surface area contributed by atoms with Gasteiger partial charge in [0.2, 0.25) is 5.95 Å². The Morgan fingerprint density at radius 1 is 1.18 bits per heavy atom. The second-order valence-electron chi connectivity index (χ2n) is 4.85. The number of rotatable bonds is 3. The third-order valence-electron chi connectivity index (χ3n) is 3.51. The molecule has 0 spiro atoms. The second-order valence-corrected chi connectivity index (χ2v) is 4.85. The van der Waals surface area contributed by atoms with Crippen LogP contribution in [-0.2, 0) is 0 Å². The van der Waals surface area contributed by atoms with Crippen LogP contribution in [0.5, 0.6) is 5.75 Å². The second kappa shape index (κ2) is 7.38. The first-order chi connectivity index (χ1) is 10.3. The maximum Gasteiger partial charge on any atom is 0.225 e. The molecule has 1 fully saturated rings. The Balaban J connectivity index is 0.00000176. The third kappa shape index (κ3) is 3.45. The molecule has 0 bridgehead atoms. The molecule has 1 aromatic heterocycles. The van der Waals surface area contributed by atoms with Crippen LogP contribution in [0.25, 0.3) is 11.1 Å². The highest BCUT2D eigenvalue weighted by Gasteiger charge is 2.14. The number of nitrogens with one attached hydrogen (secondary N) is 1. The Hall–Kier alpha value is -1.92. The fraction of sp³-hybridized carbons (Fsp3) is 0.333. The monoisotopic (exact) mass is 324 g/mol. The molecule has 7 heteroatoms. The smallest absolute Gasteiger partial charge is 0.225 e. The molecular weight excluding hydrogens is 307 g/mol. The van der Waals surface area contributed by atoms with E-state index in [1.54, 1.807) is 18.5 Å². The van der Waals surface area contributed by atoms with Gasteiger partial charge in [0.15, 0.2) is 0 Å². The fourth-order valence-electron chi connectivity index (χ4n) is 2.39. The predicted molar refractivity (Wildman–Crippen MR) is 86.3 cm³/mol. The molecule has 1 saturated heterocycles. The molecule has 0 unspecified atom stereocenters. The Kier molecular flexibility index (Phi) is 5.51. The normalized spacial score (nSPS) is 14.4. The lowest BCUT2D eigenvalue weighted by molar-refractivity contribution is 0.413. The highest BCUT2D eigenvalue weighted by molar-refractivity contribution is 5.85. The van der Waals surface area contributed by atoms with E-state index in [1.165, 1.54) is 19.2 Å². The van der Waals surface area contributed by atoms with Crippen LogP contribution in [0.4, 0.5) is 10.3 Å². The van der Waals surface area contributed by atoms with Gasteiger partial charge < -0.3 is 15.0 Å². The lowest BCUT2D eigenvalue weighted by Gasteiger charge is -2.27. The zero-order chi connectivity index (χ0) is 14.7. The molecule has 0 saturated carbocycles. The zero-order valence-electron chi connectivity index (χ0n) is 12.3. The third-order valence-corrected chi connectivity index (χ3v) is 3.51. The summed E-state index contributed by atoms with van der Waals surface area (Å²) in [4.78, 5) is 11.0. The van der Waals surface area contributed by atoms with Crippen LogP contribution in [0.15, 0.2) is 30.6 Å². The van der Waals surface area contributed by atoms with Crippen molar-refractivity contribution in [3.05, 3.63) is 36.4 Å². The molecule has 1 N–H and O–H groups in total. The van der Waals surface area contributed by atoms with E-state index < -0.39 is 0 Å².